The Bertz CT molecular complexity index is 2060. The normalized spacial score (nSPS) is 12.2. The maximum Gasteiger partial charge on any atom is 0.227 e. The zero-order valence-corrected chi connectivity index (χ0v) is 24.1. The summed E-state index contributed by atoms with van der Waals surface area (Å²) in [6.07, 6.45) is 0. The highest BCUT2D eigenvalue weighted by Gasteiger charge is 2.25. The molecule has 0 aliphatic carbocycles. The van der Waals surface area contributed by atoms with Gasteiger partial charge in [-0.05, 0) is 70.5 Å². The van der Waals surface area contributed by atoms with Crippen molar-refractivity contribution >= 4 is 33.1 Å². The van der Waals surface area contributed by atoms with Crippen molar-refractivity contribution in [3.05, 3.63) is 114 Å². The molecule has 0 N–H and O–H groups in total. The summed E-state index contributed by atoms with van der Waals surface area (Å²) in [4.78, 5) is 10.1. The molecule has 3 heterocycles. The van der Waals surface area contributed by atoms with Gasteiger partial charge in [-0.2, -0.15) is 0 Å². The summed E-state index contributed by atoms with van der Waals surface area (Å²) in [7, 11) is 0. The van der Waals surface area contributed by atoms with Crippen LogP contribution in [-0.2, 0) is 5.41 Å². The van der Waals surface area contributed by atoms with Crippen molar-refractivity contribution in [1.29, 1.82) is 0 Å². The number of aromatic nitrogens is 3. The van der Waals surface area contributed by atoms with Gasteiger partial charge >= 0.3 is 0 Å². The van der Waals surface area contributed by atoms with Crippen LogP contribution in [0.1, 0.15) is 51.8 Å². The van der Waals surface area contributed by atoms with Gasteiger partial charge in [0.25, 0.3) is 0 Å². The molecule has 202 valence electrons. The predicted octanol–water partition coefficient (Wildman–Crippen LogP) is 10.1. The fourth-order valence-corrected chi connectivity index (χ4v) is 5.78. The molecule has 4 nitrogen and oxygen atoms in total. The minimum atomic E-state index is -0.106. The Morgan fingerprint density at radius 1 is 0.707 bits per heavy atom. The number of nitrogens with zero attached hydrogens (tertiary/aromatic N) is 3. The van der Waals surface area contributed by atoms with Gasteiger partial charge in [0.2, 0.25) is 5.71 Å². The Morgan fingerprint density at radius 3 is 2.27 bits per heavy atom. The molecule has 0 amide bonds. The smallest absolute Gasteiger partial charge is 0.227 e. The standard InChI is InChI=1S/C37H33N3O/c1-23(2)30-20-19-27-26-14-11-15-28(34(26)41-36(27)39-30)35-38-31-16-9-10-17-33(31)40(35)32-21-18-25(22-29(32)37(3,4)5)24-12-7-6-8-13-24/h6-23H,1-5H3. The van der Waals surface area contributed by atoms with Gasteiger partial charge in [0.15, 0.2) is 0 Å². The van der Waals surface area contributed by atoms with E-state index in [1.807, 2.05) is 6.07 Å². The van der Waals surface area contributed by atoms with Crippen molar-refractivity contribution in [2.45, 2.75) is 46.0 Å². The molecule has 4 heteroatoms. The Balaban J connectivity index is 1.52. The molecule has 4 aromatic carbocycles. The fourth-order valence-electron chi connectivity index (χ4n) is 5.78. The summed E-state index contributed by atoms with van der Waals surface area (Å²) in [5, 5.41) is 2.07. The fraction of sp³-hybridized carbons (Fsp3) is 0.189. The summed E-state index contributed by atoms with van der Waals surface area (Å²) in [5.41, 5.74) is 10.2. The summed E-state index contributed by atoms with van der Waals surface area (Å²) in [5.74, 6) is 1.18. The van der Waals surface area contributed by atoms with Crippen molar-refractivity contribution in [1.82, 2.24) is 14.5 Å². The summed E-state index contributed by atoms with van der Waals surface area (Å²) >= 11 is 0. The van der Waals surface area contributed by atoms with Gasteiger partial charge in [0, 0.05) is 16.5 Å². The maximum absolute atomic E-state index is 6.53. The maximum atomic E-state index is 6.53. The SMILES string of the molecule is CC(C)c1ccc2c(n1)oc1c(-c3nc4ccccc4n3-c3ccc(-c4ccccc4)cc3C(C)(C)C)cccc12. The number of para-hydroxylation sites is 3. The third-order valence-electron chi connectivity index (χ3n) is 7.93. The van der Waals surface area contributed by atoms with E-state index in [0.717, 1.165) is 50.2 Å². The molecule has 7 aromatic rings. The first-order chi connectivity index (χ1) is 19.8. The first-order valence-corrected chi connectivity index (χ1v) is 14.3. The van der Waals surface area contributed by atoms with Gasteiger partial charge in [0.1, 0.15) is 11.4 Å². The number of rotatable bonds is 4. The molecular formula is C37H33N3O. The topological polar surface area (TPSA) is 43.9 Å². The van der Waals surface area contributed by atoms with Crippen LogP contribution in [0.2, 0.25) is 0 Å². The van der Waals surface area contributed by atoms with E-state index >= 15 is 0 Å². The molecule has 0 fully saturated rings. The van der Waals surface area contributed by atoms with Gasteiger partial charge in [-0.1, -0.05) is 95.3 Å². The molecule has 7 rings (SSSR count). The van der Waals surface area contributed by atoms with E-state index in [2.05, 4.69) is 136 Å². The highest BCUT2D eigenvalue weighted by Crippen LogP contribution is 2.40. The lowest BCUT2D eigenvalue weighted by Gasteiger charge is -2.25. The van der Waals surface area contributed by atoms with Gasteiger partial charge in [0.05, 0.1) is 22.3 Å². The molecule has 0 radical (unpaired) electrons. The van der Waals surface area contributed by atoms with Gasteiger partial charge in [-0.15, -0.1) is 0 Å². The van der Waals surface area contributed by atoms with Gasteiger partial charge < -0.3 is 4.42 Å². The number of hydrogen-bond acceptors (Lipinski definition) is 3. The second-order valence-electron chi connectivity index (χ2n) is 12.1. The van der Waals surface area contributed by atoms with Gasteiger partial charge in [-0.25, -0.2) is 9.97 Å². The molecule has 0 saturated heterocycles. The number of hydrogen-bond donors (Lipinski definition) is 0. The van der Waals surface area contributed by atoms with Crippen LogP contribution in [0.4, 0.5) is 0 Å². The zero-order valence-electron chi connectivity index (χ0n) is 24.1. The highest BCUT2D eigenvalue weighted by atomic mass is 16.3. The lowest BCUT2D eigenvalue weighted by molar-refractivity contribution is 0.587. The molecule has 0 aliphatic heterocycles. The van der Waals surface area contributed by atoms with Crippen LogP contribution in [0, 0.1) is 0 Å². The van der Waals surface area contributed by atoms with Crippen molar-refractivity contribution in [3.8, 4) is 28.2 Å². The van der Waals surface area contributed by atoms with E-state index in [9.17, 15) is 0 Å². The average molecular weight is 536 g/mol. The van der Waals surface area contributed by atoms with Crippen LogP contribution in [-0.4, -0.2) is 14.5 Å². The number of fused-ring (bicyclic) bond motifs is 4. The van der Waals surface area contributed by atoms with E-state index < -0.39 is 0 Å². The second kappa shape index (κ2) is 9.45. The van der Waals surface area contributed by atoms with E-state index in [1.54, 1.807) is 0 Å². The first kappa shape index (κ1) is 25.3. The molecular weight excluding hydrogens is 502 g/mol. The Labute approximate surface area is 240 Å². The summed E-state index contributed by atoms with van der Waals surface area (Å²) in [6.45, 7) is 11.1. The Hall–Kier alpha value is -4.70. The number of benzene rings is 4. The molecule has 41 heavy (non-hydrogen) atoms. The van der Waals surface area contributed by atoms with Crippen LogP contribution in [0.15, 0.2) is 108 Å². The minimum absolute atomic E-state index is 0.106. The van der Waals surface area contributed by atoms with Crippen molar-refractivity contribution in [2.75, 3.05) is 0 Å². The number of imidazole rings is 1. The van der Waals surface area contributed by atoms with Crippen molar-refractivity contribution in [3.63, 3.8) is 0 Å². The Morgan fingerprint density at radius 2 is 1.49 bits per heavy atom. The predicted molar refractivity (Wildman–Crippen MR) is 170 cm³/mol. The molecule has 0 bridgehead atoms. The third kappa shape index (κ3) is 4.22. The molecule has 0 atom stereocenters. The van der Waals surface area contributed by atoms with Gasteiger partial charge in [-0.3, -0.25) is 4.57 Å². The summed E-state index contributed by atoms with van der Waals surface area (Å²) in [6, 6.07) is 36.3. The van der Waals surface area contributed by atoms with Crippen molar-refractivity contribution in [2.24, 2.45) is 0 Å². The van der Waals surface area contributed by atoms with E-state index in [0.29, 0.717) is 11.6 Å². The van der Waals surface area contributed by atoms with Crippen LogP contribution in [0.25, 0.3) is 61.3 Å². The highest BCUT2D eigenvalue weighted by molar-refractivity contribution is 6.08. The molecule has 0 saturated carbocycles. The number of pyridine rings is 1. The average Bonchev–Trinajstić information content (AvgIpc) is 3.55. The van der Waals surface area contributed by atoms with Crippen molar-refractivity contribution < 1.29 is 4.42 Å². The third-order valence-corrected chi connectivity index (χ3v) is 7.93. The molecule has 0 spiro atoms. The van der Waals surface area contributed by atoms with Crippen LogP contribution in [0.3, 0.4) is 0 Å². The quantitative estimate of drug-likeness (QED) is 0.225. The summed E-state index contributed by atoms with van der Waals surface area (Å²) < 4.78 is 8.83. The first-order valence-electron chi connectivity index (χ1n) is 14.3. The minimum Gasteiger partial charge on any atom is -0.437 e. The zero-order chi connectivity index (χ0) is 28.3. The van der Waals surface area contributed by atoms with E-state index in [-0.39, 0.29) is 5.41 Å². The van der Waals surface area contributed by atoms with Crippen LogP contribution < -0.4 is 0 Å². The number of furan rings is 1. The molecule has 0 aliphatic rings. The molecule has 0 unspecified atom stereocenters. The monoisotopic (exact) mass is 535 g/mol. The van der Waals surface area contributed by atoms with E-state index in [4.69, 9.17) is 14.4 Å². The molecule has 3 aromatic heterocycles. The lowest BCUT2D eigenvalue weighted by atomic mass is 9.84. The second-order valence-corrected chi connectivity index (χ2v) is 12.1. The van der Waals surface area contributed by atoms with Crippen LogP contribution >= 0.6 is 0 Å². The van der Waals surface area contributed by atoms with Crippen LogP contribution in [0.5, 0.6) is 0 Å². The lowest BCUT2D eigenvalue weighted by Crippen LogP contribution is -2.16. The van der Waals surface area contributed by atoms with E-state index in [1.165, 1.54) is 16.7 Å². The largest absolute Gasteiger partial charge is 0.437 e. The Kier molecular flexibility index (Phi) is 5.83.